The molecule has 0 amide bonds. The summed E-state index contributed by atoms with van der Waals surface area (Å²) in [7, 11) is 0. The first kappa shape index (κ1) is 20.5. The van der Waals surface area contributed by atoms with E-state index in [1.807, 2.05) is 0 Å². The Morgan fingerprint density at radius 1 is 0.346 bits per heavy atom. The lowest BCUT2D eigenvalue weighted by atomic mass is 9.78. The summed E-state index contributed by atoms with van der Waals surface area (Å²) in [5.74, 6) is 0. The van der Waals surface area contributed by atoms with E-state index in [9.17, 15) is 0 Å². The minimum absolute atomic E-state index is 1.40. The zero-order valence-corrected chi connectivity index (χ0v) is 19.0. The summed E-state index contributed by atoms with van der Waals surface area (Å²) >= 11 is 0. The predicted octanol–water partition coefficient (Wildman–Crippen LogP) is 7.61. The van der Waals surface area contributed by atoms with Gasteiger partial charge < -0.3 is 0 Å². The lowest BCUT2D eigenvalue weighted by Crippen LogP contribution is -2.09. The van der Waals surface area contributed by atoms with E-state index in [1.165, 1.54) is 77.9 Å². The number of rotatable bonds is 2. The van der Waals surface area contributed by atoms with Gasteiger partial charge in [0.05, 0.1) is 0 Å². The second-order valence-corrected chi connectivity index (χ2v) is 8.38. The zero-order chi connectivity index (χ0) is 20.1. The van der Waals surface area contributed by atoms with Crippen LogP contribution < -0.4 is 0 Å². The molecule has 2 aromatic rings. The highest BCUT2D eigenvalue weighted by Crippen LogP contribution is 2.40. The Bertz CT molecular complexity index is 800. The third-order valence-corrected chi connectivity index (χ3v) is 7.00. The van der Waals surface area contributed by atoms with Crippen LogP contribution >= 0.6 is 0 Å². The normalized spacial score (nSPS) is 11.1. The van der Waals surface area contributed by atoms with Gasteiger partial charge in [-0.05, 0) is 155 Å². The van der Waals surface area contributed by atoms with Crippen LogP contribution in [0.15, 0.2) is 5.57 Å². The van der Waals surface area contributed by atoms with Crippen molar-refractivity contribution in [1.29, 1.82) is 0 Å². The average Bonchev–Trinajstić information content (AvgIpc) is 2.60. The largest absolute Gasteiger partial charge is 0.0679 e. The van der Waals surface area contributed by atoms with E-state index in [4.69, 9.17) is 0 Å². The lowest BCUT2D eigenvalue weighted by molar-refractivity contribution is 1.13. The molecule has 2 aromatic carbocycles. The molecule has 0 atom stereocenters. The van der Waals surface area contributed by atoms with Gasteiger partial charge in [0.15, 0.2) is 0 Å². The van der Waals surface area contributed by atoms with Gasteiger partial charge in [0.1, 0.15) is 0 Å². The first-order valence-electron chi connectivity index (χ1n) is 9.75. The van der Waals surface area contributed by atoms with E-state index in [1.54, 1.807) is 0 Å². The lowest BCUT2D eigenvalue weighted by Gasteiger charge is -2.26. The summed E-state index contributed by atoms with van der Waals surface area (Å²) in [4.78, 5) is 0. The van der Waals surface area contributed by atoms with E-state index in [-0.39, 0.29) is 0 Å². The number of allylic oxidation sites excluding steroid dienone is 1. The maximum Gasteiger partial charge on any atom is -0.0114 e. The van der Waals surface area contributed by atoms with E-state index >= 15 is 0 Å². The Labute approximate surface area is 161 Å². The fourth-order valence-corrected chi connectivity index (χ4v) is 4.38. The second kappa shape index (κ2) is 7.06. The topological polar surface area (TPSA) is 0 Å². The number of benzene rings is 2. The van der Waals surface area contributed by atoms with Gasteiger partial charge in [0, 0.05) is 0 Å². The summed E-state index contributed by atoms with van der Waals surface area (Å²) in [5.41, 5.74) is 20.0. The van der Waals surface area contributed by atoms with Gasteiger partial charge >= 0.3 is 0 Å². The van der Waals surface area contributed by atoms with Crippen molar-refractivity contribution in [2.45, 2.75) is 83.1 Å². The fraction of sp³-hybridized carbons (Fsp3) is 0.462. The Hall–Kier alpha value is -1.82. The highest BCUT2D eigenvalue weighted by Gasteiger charge is 2.22. The molecule has 0 aliphatic rings. The van der Waals surface area contributed by atoms with Crippen LogP contribution in [0.1, 0.15) is 80.6 Å². The van der Waals surface area contributed by atoms with Gasteiger partial charge in [-0.15, -0.1) is 0 Å². The molecule has 0 spiro atoms. The molecular weight excluding hydrogens is 312 g/mol. The van der Waals surface area contributed by atoms with E-state index in [0.29, 0.717) is 0 Å². The van der Waals surface area contributed by atoms with Crippen molar-refractivity contribution in [3.05, 3.63) is 72.3 Å². The Morgan fingerprint density at radius 2 is 0.538 bits per heavy atom. The zero-order valence-electron chi connectivity index (χ0n) is 19.0. The van der Waals surface area contributed by atoms with Gasteiger partial charge in [-0.3, -0.25) is 0 Å². The van der Waals surface area contributed by atoms with Crippen LogP contribution in [0.5, 0.6) is 0 Å². The summed E-state index contributed by atoms with van der Waals surface area (Å²) in [6.45, 7) is 27.3. The molecule has 0 radical (unpaired) electrons. The van der Waals surface area contributed by atoms with Crippen LogP contribution in [-0.4, -0.2) is 0 Å². The minimum atomic E-state index is 1.40. The average molecular weight is 349 g/mol. The standard InChI is InChI=1S/C26H36/c1-13(2)24(25-20(9)16(5)14(3)17(6)21(25)10)26-22(11)18(7)15(4)19(8)23(26)12/h1-12H3. The fourth-order valence-electron chi connectivity index (χ4n) is 4.38. The molecular formula is C26H36. The quantitative estimate of drug-likeness (QED) is 0.524. The van der Waals surface area contributed by atoms with Gasteiger partial charge in [-0.25, -0.2) is 0 Å². The third-order valence-electron chi connectivity index (χ3n) is 7.00. The van der Waals surface area contributed by atoms with Gasteiger partial charge in [-0.1, -0.05) is 5.57 Å². The number of hydrogen-bond acceptors (Lipinski definition) is 0. The van der Waals surface area contributed by atoms with Crippen molar-refractivity contribution in [3.8, 4) is 0 Å². The molecule has 2 rings (SSSR count). The first-order chi connectivity index (χ1) is 11.9. The first-order valence-corrected chi connectivity index (χ1v) is 9.75. The molecule has 0 bridgehead atoms. The molecule has 140 valence electrons. The molecule has 0 N–H and O–H groups in total. The van der Waals surface area contributed by atoms with Crippen LogP contribution in [0.25, 0.3) is 5.57 Å². The minimum Gasteiger partial charge on any atom is -0.0679 e. The van der Waals surface area contributed by atoms with E-state index < -0.39 is 0 Å². The molecule has 0 unspecified atom stereocenters. The van der Waals surface area contributed by atoms with E-state index in [0.717, 1.165) is 0 Å². The molecule has 0 saturated heterocycles. The molecule has 0 heterocycles. The Kier molecular flexibility index (Phi) is 5.57. The van der Waals surface area contributed by atoms with Crippen LogP contribution in [0.2, 0.25) is 0 Å². The van der Waals surface area contributed by atoms with Crippen LogP contribution in [0, 0.1) is 69.2 Å². The van der Waals surface area contributed by atoms with Crippen molar-refractivity contribution < 1.29 is 0 Å². The highest BCUT2D eigenvalue weighted by atomic mass is 14.3. The molecule has 0 saturated carbocycles. The van der Waals surface area contributed by atoms with Crippen molar-refractivity contribution in [3.63, 3.8) is 0 Å². The van der Waals surface area contributed by atoms with Crippen molar-refractivity contribution in [1.82, 2.24) is 0 Å². The van der Waals surface area contributed by atoms with Gasteiger partial charge in [0.25, 0.3) is 0 Å². The van der Waals surface area contributed by atoms with Gasteiger partial charge in [0.2, 0.25) is 0 Å². The molecule has 0 nitrogen and oxygen atoms in total. The third kappa shape index (κ3) is 2.94. The Balaban J connectivity index is 3.06. The smallest absolute Gasteiger partial charge is 0.0114 e. The van der Waals surface area contributed by atoms with E-state index in [2.05, 4.69) is 83.1 Å². The maximum atomic E-state index is 2.30. The highest BCUT2D eigenvalue weighted by molar-refractivity contribution is 5.89. The molecule has 0 aliphatic carbocycles. The van der Waals surface area contributed by atoms with Crippen LogP contribution in [0.3, 0.4) is 0 Å². The van der Waals surface area contributed by atoms with Crippen LogP contribution in [-0.2, 0) is 0 Å². The Morgan fingerprint density at radius 3 is 0.731 bits per heavy atom. The summed E-state index contributed by atoms with van der Waals surface area (Å²) < 4.78 is 0. The van der Waals surface area contributed by atoms with Gasteiger partial charge in [-0.2, -0.15) is 0 Å². The van der Waals surface area contributed by atoms with Crippen molar-refractivity contribution in [2.75, 3.05) is 0 Å². The van der Waals surface area contributed by atoms with Crippen molar-refractivity contribution in [2.24, 2.45) is 0 Å². The van der Waals surface area contributed by atoms with Crippen molar-refractivity contribution >= 4 is 5.57 Å². The predicted molar refractivity (Wildman–Crippen MR) is 118 cm³/mol. The maximum absolute atomic E-state index is 2.30. The monoisotopic (exact) mass is 348 g/mol. The van der Waals surface area contributed by atoms with Crippen LogP contribution in [0.4, 0.5) is 0 Å². The second-order valence-electron chi connectivity index (χ2n) is 8.38. The summed E-state index contributed by atoms with van der Waals surface area (Å²) in [5, 5.41) is 0. The number of hydrogen-bond donors (Lipinski definition) is 0. The molecule has 0 fully saturated rings. The molecule has 0 aromatic heterocycles. The summed E-state index contributed by atoms with van der Waals surface area (Å²) in [6, 6.07) is 0. The molecule has 0 heteroatoms. The SMILES string of the molecule is CC(C)=C(c1c(C)c(C)c(C)c(C)c1C)c1c(C)c(C)c(C)c(C)c1C. The molecule has 26 heavy (non-hydrogen) atoms. The molecule has 0 aliphatic heterocycles. The summed E-state index contributed by atoms with van der Waals surface area (Å²) in [6.07, 6.45) is 0.